The van der Waals surface area contributed by atoms with E-state index in [4.69, 9.17) is 32.7 Å². The predicted octanol–water partition coefficient (Wildman–Crippen LogP) is 3.13. The van der Waals surface area contributed by atoms with Gasteiger partial charge in [-0.25, -0.2) is 9.97 Å². The van der Waals surface area contributed by atoms with E-state index >= 15 is 0 Å². The van der Waals surface area contributed by atoms with Crippen molar-refractivity contribution in [2.75, 3.05) is 26.3 Å². The highest BCUT2D eigenvalue weighted by Gasteiger charge is 2.15. The molecule has 0 aromatic carbocycles. The molecule has 0 unspecified atom stereocenters. The van der Waals surface area contributed by atoms with Gasteiger partial charge in [0.15, 0.2) is 11.4 Å². The number of carbonyl (C=O) groups excluding carboxylic acids is 2. The molecule has 0 aliphatic carbocycles. The molecule has 0 radical (unpaired) electrons. The fourth-order valence-corrected chi connectivity index (χ4v) is 2.67. The van der Waals surface area contributed by atoms with Crippen molar-refractivity contribution in [3.8, 4) is 11.8 Å². The van der Waals surface area contributed by atoms with Gasteiger partial charge in [-0.15, -0.1) is 0 Å². The zero-order chi connectivity index (χ0) is 21.2. The van der Waals surface area contributed by atoms with E-state index in [-0.39, 0.29) is 21.4 Å². The number of carbonyl (C=O) groups is 2. The first-order chi connectivity index (χ1) is 14.0. The van der Waals surface area contributed by atoms with Crippen molar-refractivity contribution >= 4 is 35.0 Å². The Labute approximate surface area is 178 Å². The number of hydrogen-bond donors (Lipinski definition) is 2. The van der Waals surface area contributed by atoms with Crippen molar-refractivity contribution in [1.82, 2.24) is 20.6 Å². The van der Waals surface area contributed by atoms with Crippen molar-refractivity contribution in [3.05, 3.63) is 45.7 Å². The molecule has 156 valence electrons. The van der Waals surface area contributed by atoms with Crippen LogP contribution < -0.4 is 20.1 Å². The average Bonchev–Trinajstić information content (AvgIpc) is 2.70. The lowest BCUT2D eigenvalue weighted by atomic mass is 10.3. The Morgan fingerprint density at radius 1 is 0.828 bits per heavy atom. The van der Waals surface area contributed by atoms with Crippen LogP contribution in [0.5, 0.6) is 11.8 Å². The molecule has 0 aliphatic rings. The third-order valence-electron chi connectivity index (χ3n) is 3.58. The Kier molecular flexibility index (Phi) is 8.95. The third kappa shape index (κ3) is 6.76. The summed E-state index contributed by atoms with van der Waals surface area (Å²) in [5, 5.41) is 5.87. The first-order valence-electron chi connectivity index (χ1n) is 9.11. The van der Waals surface area contributed by atoms with Crippen molar-refractivity contribution in [3.63, 3.8) is 0 Å². The molecule has 2 aromatic heterocycles. The van der Waals surface area contributed by atoms with Crippen LogP contribution in [0.4, 0.5) is 0 Å². The van der Waals surface area contributed by atoms with Gasteiger partial charge >= 0.3 is 0 Å². The number of hydrogen-bond acceptors (Lipinski definition) is 6. The minimum atomic E-state index is -0.419. The number of nitrogens with one attached hydrogen (secondary N) is 2. The topological polar surface area (TPSA) is 102 Å². The minimum absolute atomic E-state index is 0.0883. The van der Waals surface area contributed by atoms with E-state index < -0.39 is 11.8 Å². The largest absolute Gasteiger partial charge is 0.478 e. The predicted molar refractivity (Wildman–Crippen MR) is 110 cm³/mol. The Balaban J connectivity index is 1.81. The van der Waals surface area contributed by atoms with Crippen LogP contribution >= 0.6 is 23.2 Å². The van der Waals surface area contributed by atoms with Gasteiger partial charge in [-0.3, -0.25) is 9.59 Å². The summed E-state index contributed by atoms with van der Waals surface area (Å²) in [6, 6.07) is 6.30. The summed E-state index contributed by atoms with van der Waals surface area (Å²) >= 11 is 12.1. The van der Waals surface area contributed by atoms with Crippen LogP contribution in [-0.2, 0) is 0 Å². The van der Waals surface area contributed by atoms with Crippen molar-refractivity contribution in [2.24, 2.45) is 0 Å². The summed E-state index contributed by atoms with van der Waals surface area (Å²) in [4.78, 5) is 32.7. The molecule has 2 heterocycles. The molecule has 2 amide bonds. The van der Waals surface area contributed by atoms with Crippen LogP contribution in [0.2, 0.25) is 10.0 Å². The molecule has 0 saturated heterocycles. The molecule has 2 N–H and O–H groups in total. The van der Waals surface area contributed by atoms with Crippen molar-refractivity contribution in [2.45, 2.75) is 20.3 Å². The standard InChI is InChI=1S/C19H22Cl2N4O4/c1-3-28-14-8-6-12(20)16(24-14)18(26)22-10-5-11-23-19(27)17-13(21)7-9-15(25-17)29-4-2/h6-9H,3-5,10-11H2,1-2H3,(H,22,26)(H,23,27). The number of nitrogens with zero attached hydrogens (tertiary/aromatic N) is 2. The highest BCUT2D eigenvalue weighted by molar-refractivity contribution is 6.33. The first kappa shape index (κ1) is 22.7. The van der Waals surface area contributed by atoms with Crippen LogP contribution in [-0.4, -0.2) is 48.1 Å². The molecule has 29 heavy (non-hydrogen) atoms. The zero-order valence-electron chi connectivity index (χ0n) is 16.1. The maximum atomic E-state index is 12.2. The summed E-state index contributed by atoms with van der Waals surface area (Å²) in [5.41, 5.74) is 0.177. The lowest BCUT2D eigenvalue weighted by Gasteiger charge is -2.10. The summed E-state index contributed by atoms with van der Waals surface area (Å²) in [5.74, 6) is -0.185. The van der Waals surface area contributed by atoms with E-state index in [1.807, 2.05) is 13.8 Å². The second-order valence-electron chi connectivity index (χ2n) is 5.69. The zero-order valence-corrected chi connectivity index (χ0v) is 17.6. The smallest absolute Gasteiger partial charge is 0.271 e. The number of ether oxygens (including phenoxy) is 2. The van der Waals surface area contributed by atoms with Gasteiger partial charge in [-0.1, -0.05) is 23.2 Å². The summed E-state index contributed by atoms with van der Waals surface area (Å²) in [6.07, 6.45) is 0.489. The van der Waals surface area contributed by atoms with Crippen LogP contribution in [0.1, 0.15) is 41.2 Å². The molecule has 0 spiro atoms. The van der Waals surface area contributed by atoms with Crippen molar-refractivity contribution < 1.29 is 19.1 Å². The number of halogens is 2. The Hall–Kier alpha value is -2.58. The van der Waals surface area contributed by atoms with Crippen LogP contribution in [0.3, 0.4) is 0 Å². The fourth-order valence-electron chi connectivity index (χ4n) is 2.28. The second kappa shape index (κ2) is 11.4. The second-order valence-corrected chi connectivity index (χ2v) is 6.51. The van der Waals surface area contributed by atoms with Gasteiger partial charge in [0.1, 0.15) is 0 Å². The molecule has 0 saturated carbocycles. The van der Waals surface area contributed by atoms with Gasteiger partial charge in [0.05, 0.1) is 23.3 Å². The molecule has 0 atom stereocenters. The number of aromatic nitrogens is 2. The highest BCUT2D eigenvalue weighted by atomic mass is 35.5. The number of pyridine rings is 2. The SMILES string of the molecule is CCOc1ccc(Cl)c(C(=O)NCCCNC(=O)c2nc(OCC)ccc2Cl)n1. The van der Waals surface area contributed by atoms with Gasteiger partial charge in [0.25, 0.3) is 11.8 Å². The minimum Gasteiger partial charge on any atom is -0.478 e. The van der Waals surface area contributed by atoms with Gasteiger partial charge in [-0.2, -0.15) is 0 Å². The molecular weight excluding hydrogens is 419 g/mol. The molecule has 0 fully saturated rings. The molecule has 2 rings (SSSR count). The quantitative estimate of drug-likeness (QED) is 0.550. The molecule has 10 heteroatoms. The third-order valence-corrected chi connectivity index (χ3v) is 4.19. The first-order valence-corrected chi connectivity index (χ1v) is 9.86. The lowest BCUT2D eigenvalue weighted by Crippen LogP contribution is -2.31. The van der Waals surface area contributed by atoms with Crippen LogP contribution in [0.15, 0.2) is 24.3 Å². The summed E-state index contributed by atoms with van der Waals surface area (Å²) in [6.45, 7) is 5.13. The Morgan fingerprint density at radius 2 is 1.24 bits per heavy atom. The van der Waals surface area contributed by atoms with E-state index in [1.165, 1.54) is 0 Å². The van der Waals surface area contributed by atoms with E-state index in [0.29, 0.717) is 44.5 Å². The number of amides is 2. The van der Waals surface area contributed by atoms with Crippen LogP contribution in [0, 0.1) is 0 Å². The average molecular weight is 441 g/mol. The molecular formula is C19H22Cl2N4O4. The van der Waals surface area contributed by atoms with Gasteiger partial charge in [0, 0.05) is 25.2 Å². The monoisotopic (exact) mass is 440 g/mol. The van der Waals surface area contributed by atoms with E-state index in [2.05, 4.69) is 20.6 Å². The van der Waals surface area contributed by atoms with E-state index in [0.717, 1.165) is 0 Å². The van der Waals surface area contributed by atoms with Crippen molar-refractivity contribution in [1.29, 1.82) is 0 Å². The van der Waals surface area contributed by atoms with E-state index in [9.17, 15) is 9.59 Å². The maximum Gasteiger partial charge on any atom is 0.271 e. The van der Waals surface area contributed by atoms with Gasteiger partial charge < -0.3 is 20.1 Å². The normalized spacial score (nSPS) is 10.3. The highest BCUT2D eigenvalue weighted by Crippen LogP contribution is 2.19. The molecule has 2 aromatic rings. The van der Waals surface area contributed by atoms with E-state index in [1.54, 1.807) is 24.3 Å². The van der Waals surface area contributed by atoms with Gasteiger partial charge in [-0.05, 0) is 32.4 Å². The maximum absolute atomic E-state index is 12.2. The molecule has 8 nitrogen and oxygen atoms in total. The summed E-state index contributed by atoms with van der Waals surface area (Å²) < 4.78 is 10.5. The Morgan fingerprint density at radius 3 is 1.62 bits per heavy atom. The lowest BCUT2D eigenvalue weighted by molar-refractivity contribution is 0.0945. The number of rotatable bonds is 10. The Bertz CT molecular complexity index is 795. The van der Waals surface area contributed by atoms with Crippen LogP contribution in [0.25, 0.3) is 0 Å². The molecule has 0 aliphatic heterocycles. The van der Waals surface area contributed by atoms with Gasteiger partial charge in [0.2, 0.25) is 11.8 Å². The fraction of sp³-hybridized carbons (Fsp3) is 0.368. The summed E-state index contributed by atoms with van der Waals surface area (Å²) in [7, 11) is 0. The molecule has 0 bridgehead atoms.